The van der Waals surface area contributed by atoms with Crippen LogP contribution in [0.4, 0.5) is 0 Å². The fourth-order valence-electron chi connectivity index (χ4n) is 1.17. The zero-order valence-corrected chi connectivity index (χ0v) is 8.22. The number of hydrogen-bond donors (Lipinski definition) is 1. The Morgan fingerprint density at radius 1 is 1.47 bits per heavy atom. The highest BCUT2D eigenvalue weighted by Crippen LogP contribution is 2.19. The lowest BCUT2D eigenvalue weighted by molar-refractivity contribution is 0.0697. The first kappa shape index (κ1) is 9.67. The maximum atomic E-state index is 10.7. The van der Waals surface area contributed by atoms with Crippen molar-refractivity contribution < 1.29 is 9.90 Å². The van der Waals surface area contributed by atoms with Crippen molar-refractivity contribution in [2.24, 2.45) is 0 Å². The first-order valence-electron chi connectivity index (χ1n) is 4.08. The quantitative estimate of drug-likeness (QED) is 0.840. The Labute approximate surface area is 89.9 Å². The zero-order valence-electron chi connectivity index (χ0n) is 7.46. The molecule has 0 saturated heterocycles. The minimum Gasteiger partial charge on any atom is -0.478 e. The van der Waals surface area contributed by atoms with Crippen molar-refractivity contribution in [3.8, 4) is 5.69 Å². The highest BCUT2D eigenvalue weighted by atomic mass is 35.5. The summed E-state index contributed by atoms with van der Waals surface area (Å²) in [5.74, 6) is -1.05. The first-order chi connectivity index (χ1) is 7.18. The smallest absolute Gasteiger partial charge is 0.337 e. The Morgan fingerprint density at radius 2 is 2.27 bits per heavy atom. The maximum Gasteiger partial charge on any atom is 0.337 e. The predicted octanol–water partition coefficient (Wildman–Crippen LogP) is 1.62. The Morgan fingerprint density at radius 3 is 2.80 bits per heavy atom. The molecule has 2 rings (SSSR count). The van der Waals surface area contributed by atoms with E-state index >= 15 is 0 Å². The minimum absolute atomic E-state index is 0.0699. The van der Waals surface area contributed by atoms with Crippen LogP contribution >= 0.6 is 11.6 Å². The van der Waals surface area contributed by atoms with Crippen LogP contribution in [-0.4, -0.2) is 26.1 Å². The number of nitrogens with zero attached hydrogens (tertiary/aromatic N) is 3. The molecule has 0 radical (unpaired) electrons. The van der Waals surface area contributed by atoms with Crippen LogP contribution in [-0.2, 0) is 0 Å². The maximum absolute atomic E-state index is 10.7. The third kappa shape index (κ3) is 1.82. The highest BCUT2D eigenvalue weighted by molar-refractivity contribution is 6.33. The van der Waals surface area contributed by atoms with Crippen molar-refractivity contribution in [3.63, 3.8) is 0 Å². The normalized spacial score (nSPS) is 10.2. The fourth-order valence-corrected chi connectivity index (χ4v) is 1.42. The number of rotatable bonds is 2. The Hall–Kier alpha value is -1.88. The Bertz CT molecular complexity index is 496. The number of carboxylic acids is 1. The van der Waals surface area contributed by atoms with Gasteiger partial charge in [0, 0.05) is 0 Å². The van der Waals surface area contributed by atoms with Crippen molar-refractivity contribution in [1.82, 2.24) is 15.0 Å². The molecule has 0 bridgehead atoms. The molecule has 2 aromatic rings. The molecule has 0 aliphatic heterocycles. The number of halogens is 1. The summed E-state index contributed by atoms with van der Waals surface area (Å²) in [7, 11) is 0. The van der Waals surface area contributed by atoms with E-state index < -0.39 is 5.97 Å². The van der Waals surface area contributed by atoms with Gasteiger partial charge in [-0.3, -0.25) is 0 Å². The average molecular weight is 224 g/mol. The molecular weight excluding hydrogens is 218 g/mol. The van der Waals surface area contributed by atoms with Crippen LogP contribution in [0, 0.1) is 0 Å². The standard InChI is InChI=1S/C9H6ClN3O2/c10-8-5-6(13-4-3-11-12-13)1-2-7(8)9(14)15/h1-5H,(H,14,15). The van der Waals surface area contributed by atoms with E-state index in [0.29, 0.717) is 5.69 Å². The van der Waals surface area contributed by atoms with Crippen LogP contribution in [0.1, 0.15) is 10.4 Å². The summed E-state index contributed by atoms with van der Waals surface area (Å²) in [6, 6.07) is 4.57. The molecule has 5 nitrogen and oxygen atoms in total. The van der Waals surface area contributed by atoms with E-state index in [2.05, 4.69) is 10.3 Å². The number of benzene rings is 1. The molecule has 1 N–H and O–H groups in total. The number of aromatic carboxylic acids is 1. The molecule has 0 aliphatic carbocycles. The Kier molecular flexibility index (Phi) is 2.39. The van der Waals surface area contributed by atoms with Gasteiger partial charge in [-0.1, -0.05) is 16.8 Å². The van der Waals surface area contributed by atoms with E-state index in [4.69, 9.17) is 16.7 Å². The van der Waals surface area contributed by atoms with E-state index in [9.17, 15) is 4.79 Å². The lowest BCUT2D eigenvalue weighted by Gasteiger charge is -2.02. The van der Waals surface area contributed by atoms with Crippen molar-refractivity contribution in [2.75, 3.05) is 0 Å². The van der Waals surface area contributed by atoms with Crippen molar-refractivity contribution >= 4 is 17.6 Å². The van der Waals surface area contributed by atoms with Crippen LogP contribution in [0.2, 0.25) is 5.02 Å². The number of hydrogen-bond acceptors (Lipinski definition) is 3. The molecule has 1 aromatic carbocycles. The van der Waals surface area contributed by atoms with Gasteiger partial charge >= 0.3 is 5.97 Å². The van der Waals surface area contributed by atoms with E-state index in [-0.39, 0.29) is 10.6 Å². The molecule has 6 heteroatoms. The van der Waals surface area contributed by atoms with Gasteiger partial charge in [0.1, 0.15) is 0 Å². The minimum atomic E-state index is -1.05. The number of aromatic nitrogens is 3. The second kappa shape index (κ2) is 3.70. The lowest BCUT2D eigenvalue weighted by atomic mass is 10.2. The van der Waals surface area contributed by atoms with Gasteiger partial charge in [-0.15, -0.1) is 5.10 Å². The largest absolute Gasteiger partial charge is 0.478 e. The third-order valence-corrected chi connectivity index (χ3v) is 2.18. The molecule has 0 aliphatic rings. The topological polar surface area (TPSA) is 68.0 Å². The summed E-state index contributed by atoms with van der Waals surface area (Å²) in [6.45, 7) is 0. The van der Waals surface area contributed by atoms with Crippen molar-refractivity contribution in [1.29, 1.82) is 0 Å². The van der Waals surface area contributed by atoms with Crippen LogP contribution in [0.15, 0.2) is 30.6 Å². The summed E-state index contributed by atoms with van der Waals surface area (Å²) in [4.78, 5) is 10.7. The molecular formula is C9H6ClN3O2. The summed E-state index contributed by atoms with van der Waals surface area (Å²) >= 11 is 5.80. The summed E-state index contributed by atoms with van der Waals surface area (Å²) < 4.78 is 1.50. The van der Waals surface area contributed by atoms with E-state index in [0.717, 1.165) is 0 Å². The van der Waals surface area contributed by atoms with Gasteiger partial charge < -0.3 is 5.11 Å². The lowest BCUT2D eigenvalue weighted by Crippen LogP contribution is -2.00. The monoisotopic (exact) mass is 223 g/mol. The van der Waals surface area contributed by atoms with Gasteiger partial charge in [0.15, 0.2) is 0 Å². The van der Waals surface area contributed by atoms with Gasteiger partial charge in [0.25, 0.3) is 0 Å². The molecule has 15 heavy (non-hydrogen) atoms. The van der Waals surface area contributed by atoms with Crippen LogP contribution < -0.4 is 0 Å². The average Bonchev–Trinajstić information content (AvgIpc) is 2.69. The molecule has 0 atom stereocenters. The Balaban J connectivity index is 2.47. The van der Waals surface area contributed by atoms with Gasteiger partial charge in [-0.25, -0.2) is 9.48 Å². The van der Waals surface area contributed by atoms with E-state index in [1.165, 1.54) is 23.0 Å². The molecule has 76 valence electrons. The van der Waals surface area contributed by atoms with E-state index in [1.54, 1.807) is 12.3 Å². The molecule has 1 aromatic heterocycles. The van der Waals surface area contributed by atoms with Crippen molar-refractivity contribution in [2.45, 2.75) is 0 Å². The second-order valence-corrected chi connectivity index (χ2v) is 3.22. The zero-order chi connectivity index (χ0) is 10.8. The second-order valence-electron chi connectivity index (χ2n) is 2.82. The van der Waals surface area contributed by atoms with Crippen LogP contribution in [0.5, 0.6) is 0 Å². The molecule has 0 fully saturated rings. The van der Waals surface area contributed by atoms with Gasteiger partial charge in [0.05, 0.1) is 28.7 Å². The van der Waals surface area contributed by atoms with Crippen LogP contribution in [0.3, 0.4) is 0 Å². The molecule has 0 spiro atoms. The van der Waals surface area contributed by atoms with Crippen LogP contribution in [0.25, 0.3) is 5.69 Å². The molecule has 1 heterocycles. The highest BCUT2D eigenvalue weighted by Gasteiger charge is 2.09. The molecule has 0 saturated carbocycles. The summed E-state index contributed by atoms with van der Waals surface area (Å²) in [5.41, 5.74) is 0.739. The molecule has 0 unspecified atom stereocenters. The summed E-state index contributed by atoms with van der Waals surface area (Å²) in [6.07, 6.45) is 3.17. The molecule has 0 amide bonds. The number of carboxylic acid groups (broad SMARTS) is 1. The number of carbonyl (C=O) groups is 1. The first-order valence-corrected chi connectivity index (χ1v) is 4.46. The van der Waals surface area contributed by atoms with Crippen molar-refractivity contribution in [3.05, 3.63) is 41.2 Å². The van der Waals surface area contributed by atoms with Gasteiger partial charge in [-0.2, -0.15) is 0 Å². The predicted molar refractivity (Wildman–Crippen MR) is 53.3 cm³/mol. The summed E-state index contributed by atoms with van der Waals surface area (Å²) in [5, 5.41) is 16.3. The fraction of sp³-hybridized carbons (Fsp3) is 0. The van der Waals surface area contributed by atoms with Gasteiger partial charge in [0.2, 0.25) is 0 Å². The third-order valence-electron chi connectivity index (χ3n) is 1.87. The van der Waals surface area contributed by atoms with E-state index in [1.807, 2.05) is 0 Å². The SMILES string of the molecule is O=C(O)c1ccc(-n2ccnn2)cc1Cl. The van der Waals surface area contributed by atoms with Gasteiger partial charge in [-0.05, 0) is 18.2 Å².